The van der Waals surface area contributed by atoms with E-state index in [4.69, 9.17) is 22.3 Å². The minimum atomic E-state index is -4.67. The summed E-state index contributed by atoms with van der Waals surface area (Å²) in [6.45, 7) is 2.01. The van der Waals surface area contributed by atoms with Crippen LogP contribution in [0.1, 0.15) is 38.2 Å². The molecule has 0 saturated carbocycles. The Bertz CT molecular complexity index is 688. The molecule has 0 aromatic heterocycles. The van der Waals surface area contributed by atoms with Crippen LogP contribution in [0, 0.1) is 0 Å². The van der Waals surface area contributed by atoms with Crippen molar-refractivity contribution in [3.63, 3.8) is 0 Å². The highest BCUT2D eigenvalue weighted by Crippen LogP contribution is 2.29. The summed E-state index contributed by atoms with van der Waals surface area (Å²) in [4.78, 5) is 15.3. The normalized spacial score (nSPS) is 13.7. The fraction of sp³-hybridized carbons (Fsp3) is 0.529. The van der Waals surface area contributed by atoms with Crippen LogP contribution in [0.15, 0.2) is 29.3 Å². The van der Waals surface area contributed by atoms with Gasteiger partial charge in [-0.2, -0.15) is 8.42 Å². The molecule has 0 aliphatic carbocycles. The number of hydrogen-bond donors (Lipinski definition) is 2. The van der Waals surface area contributed by atoms with Gasteiger partial charge in [-0.05, 0) is 37.0 Å². The van der Waals surface area contributed by atoms with Crippen molar-refractivity contribution in [2.45, 2.75) is 39.0 Å². The molecule has 0 spiro atoms. The molecule has 1 aliphatic rings. The smallest absolute Gasteiger partial charge is 0.394 e. The summed E-state index contributed by atoms with van der Waals surface area (Å²) in [5.74, 6) is 2.18. The highest BCUT2D eigenvalue weighted by Gasteiger charge is 2.09. The number of esters is 1. The van der Waals surface area contributed by atoms with Gasteiger partial charge in [0, 0.05) is 18.4 Å². The van der Waals surface area contributed by atoms with E-state index in [1.807, 2.05) is 23.5 Å². The van der Waals surface area contributed by atoms with Crippen molar-refractivity contribution in [1.82, 2.24) is 0 Å². The van der Waals surface area contributed by atoms with Crippen molar-refractivity contribution < 1.29 is 27.1 Å². The molecule has 0 radical (unpaired) electrons. The molecule has 152 valence electrons. The molecule has 1 fully saturated rings. The Morgan fingerprint density at radius 2 is 1.63 bits per heavy atom. The molecule has 0 unspecified atom stereocenters. The van der Waals surface area contributed by atoms with Crippen molar-refractivity contribution in [2.75, 3.05) is 18.1 Å². The molecule has 1 aromatic carbocycles. The van der Waals surface area contributed by atoms with Crippen LogP contribution in [-0.4, -0.2) is 46.0 Å². The Kier molecular flexibility index (Phi) is 11.7. The number of carbonyl (C=O) groups excluding carboxylic acids is 1. The molecular weight excluding hydrogens is 410 g/mol. The lowest BCUT2D eigenvalue weighted by atomic mass is 10.1. The second-order valence-corrected chi connectivity index (χ2v) is 9.01. The van der Waals surface area contributed by atoms with Crippen LogP contribution in [0.4, 0.5) is 5.69 Å². The predicted molar refractivity (Wildman–Crippen MR) is 111 cm³/mol. The van der Waals surface area contributed by atoms with Crippen molar-refractivity contribution in [1.29, 1.82) is 0 Å². The fourth-order valence-corrected chi connectivity index (χ4v) is 4.40. The maximum absolute atomic E-state index is 10.6. The van der Waals surface area contributed by atoms with E-state index >= 15 is 0 Å². The van der Waals surface area contributed by atoms with Gasteiger partial charge in [-0.3, -0.25) is 13.9 Å². The third-order valence-electron chi connectivity index (χ3n) is 3.36. The molecule has 7 nitrogen and oxygen atoms in total. The van der Waals surface area contributed by atoms with Gasteiger partial charge in [0.2, 0.25) is 0 Å². The van der Waals surface area contributed by atoms with Crippen LogP contribution in [0.5, 0.6) is 0 Å². The van der Waals surface area contributed by atoms with E-state index in [-0.39, 0.29) is 5.97 Å². The Morgan fingerprint density at radius 1 is 1.07 bits per heavy atom. The van der Waals surface area contributed by atoms with E-state index in [0.29, 0.717) is 6.61 Å². The summed E-state index contributed by atoms with van der Waals surface area (Å²) in [7, 11) is -4.67. The molecule has 0 atom stereocenters. The molecule has 1 aromatic rings. The topological polar surface area (TPSA) is 113 Å². The molecule has 1 aliphatic heterocycles. The van der Waals surface area contributed by atoms with Crippen molar-refractivity contribution in [3.8, 4) is 0 Å². The summed E-state index contributed by atoms with van der Waals surface area (Å²) in [6.07, 6.45) is 5.55. The number of unbranched alkanes of at least 4 members (excludes halogenated alkanes) is 3. The van der Waals surface area contributed by atoms with Crippen LogP contribution >= 0.6 is 23.5 Å². The highest BCUT2D eigenvalue weighted by molar-refractivity contribution is 8.41. The summed E-state index contributed by atoms with van der Waals surface area (Å²) in [6, 6.07) is 8.59. The standard InChI is InChI=1S/C17H23NO2S2.H2O4S/c1-14(19)20-11-5-3-2-4-6-15-7-9-16(10-8-15)18-17-21-12-13-22-17;1-5(2,3)4/h7-10H,2-6,11-13H2,1H3;(H2,1,2,3,4). The van der Waals surface area contributed by atoms with Crippen LogP contribution in [-0.2, 0) is 26.4 Å². The number of ether oxygens (including phenoxy) is 1. The van der Waals surface area contributed by atoms with E-state index in [0.717, 1.165) is 24.9 Å². The van der Waals surface area contributed by atoms with Gasteiger partial charge in [0.1, 0.15) is 4.38 Å². The molecule has 1 saturated heterocycles. The maximum Gasteiger partial charge on any atom is 0.394 e. The fourth-order valence-electron chi connectivity index (χ4n) is 2.21. The number of rotatable bonds is 8. The zero-order chi connectivity index (χ0) is 20.1. The number of carbonyl (C=O) groups is 1. The first-order valence-electron chi connectivity index (χ1n) is 8.50. The lowest BCUT2D eigenvalue weighted by Gasteiger charge is -2.04. The Balaban J connectivity index is 0.000000646. The minimum absolute atomic E-state index is 0.182. The average molecular weight is 436 g/mol. The third-order valence-corrected chi connectivity index (χ3v) is 5.81. The Labute approximate surface area is 168 Å². The first-order valence-corrected chi connectivity index (χ1v) is 11.9. The molecule has 10 heteroatoms. The first-order chi connectivity index (χ1) is 12.7. The van der Waals surface area contributed by atoms with E-state index in [1.165, 1.54) is 41.2 Å². The van der Waals surface area contributed by atoms with Crippen molar-refractivity contribution >= 4 is 50.0 Å². The van der Waals surface area contributed by atoms with E-state index in [1.54, 1.807) is 0 Å². The van der Waals surface area contributed by atoms with Gasteiger partial charge in [0.05, 0.1) is 12.3 Å². The summed E-state index contributed by atoms with van der Waals surface area (Å²) < 4.78 is 37.7. The predicted octanol–water partition coefficient (Wildman–Crippen LogP) is 4.17. The molecule has 0 amide bonds. The van der Waals surface area contributed by atoms with Gasteiger partial charge < -0.3 is 4.74 Å². The summed E-state index contributed by atoms with van der Waals surface area (Å²) in [5, 5.41) is 0. The summed E-state index contributed by atoms with van der Waals surface area (Å²) >= 11 is 3.70. The van der Waals surface area contributed by atoms with Crippen LogP contribution in [0.3, 0.4) is 0 Å². The van der Waals surface area contributed by atoms with Gasteiger partial charge in [-0.15, -0.1) is 0 Å². The van der Waals surface area contributed by atoms with Gasteiger partial charge in [-0.1, -0.05) is 48.5 Å². The number of aliphatic imine (C=N–C) groups is 1. The number of aryl methyl sites for hydroxylation is 1. The second kappa shape index (κ2) is 13.2. The lowest BCUT2D eigenvalue weighted by molar-refractivity contribution is -0.141. The zero-order valence-corrected chi connectivity index (χ0v) is 17.6. The van der Waals surface area contributed by atoms with Crippen LogP contribution < -0.4 is 0 Å². The average Bonchev–Trinajstić information content (AvgIpc) is 3.07. The highest BCUT2D eigenvalue weighted by atomic mass is 32.3. The maximum atomic E-state index is 10.6. The van der Waals surface area contributed by atoms with E-state index < -0.39 is 10.4 Å². The van der Waals surface area contributed by atoms with Crippen molar-refractivity contribution in [3.05, 3.63) is 29.8 Å². The third kappa shape index (κ3) is 14.6. The molecule has 1 heterocycles. The molecular formula is C17H25NO6S3. The van der Waals surface area contributed by atoms with Gasteiger partial charge >= 0.3 is 16.4 Å². The number of thioether (sulfide) groups is 2. The van der Waals surface area contributed by atoms with E-state index in [2.05, 4.69) is 29.3 Å². The molecule has 2 N–H and O–H groups in total. The number of nitrogens with zero attached hydrogens (tertiary/aromatic N) is 1. The Hall–Kier alpha value is -1.07. The van der Waals surface area contributed by atoms with Crippen LogP contribution in [0.2, 0.25) is 0 Å². The lowest BCUT2D eigenvalue weighted by Crippen LogP contribution is -2.00. The molecule has 0 bridgehead atoms. The molecule has 2 rings (SSSR count). The second-order valence-electron chi connectivity index (χ2n) is 5.69. The first kappa shape index (κ1) is 24.0. The van der Waals surface area contributed by atoms with Gasteiger partial charge in [-0.25, -0.2) is 4.99 Å². The Morgan fingerprint density at radius 3 is 2.19 bits per heavy atom. The largest absolute Gasteiger partial charge is 0.466 e. The minimum Gasteiger partial charge on any atom is -0.466 e. The van der Waals surface area contributed by atoms with Gasteiger partial charge in [0.15, 0.2) is 0 Å². The number of hydrogen-bond acceptors (Lipinski definition) is 7. The monoisotopic (exact) mass is 435 g/mol. The van der Waals surface area contributed by atoms with Crippen molar-refractivity contribution in [2.24, 2.45) is 4.99 Å². The van der Waals surface area contributed by atoms with Crippen LogP contribution in [0.25, 0.3) is 0 Å². The quantitative estimate of drug-likeness (QED) is 0.355. The van der Waals surface area contributed by atoms with E-state index in [9.17, 15) is 4.79 Å². The molecule has 27 heavy (non-hydrogen) atoms. The van der Waals surface area contributed by atoms with Gasteiger partial charge in [0.25, 0.3) is 0 Å². The SMILES string of the molecule is CC(=O)OCCCCCCc1ccc(N=C2SCCS2)cc1.O=S(=O)(O)O. The number of benzene rings is 1. The summed E-state index contributed by atoms with van der Waals surface area (Å²) in [5.41, 5.74) is 2.43. The zero-order valence-electron chi connectivity index (χ0n) is 15.2.